The number of aryl methyl sites for hydroxylation is 1. The van der Waals surface area contributed by atoms with E-state index in [1.165, 1.54) is 12.1 Å². The van der Waals surface area contributed by atoms with Gasteiger partial charge in [0.2, 0.25) is 0 Å². The summed E-state index contributed by atoms with van der Waals surface area (Å²) in [6.45, 7) is 1.54. The average Bonchev–Trinajstić information content (AvgIpc) is 2.62. The highest BCUT2D eigenvalue weighted by molar-refractivity contribution is 9.11. The van der Waals surface area contributed by atoms with E-state index in [4.69, 9.17) is 4.74 Å². The van der Waals surface area contributed by atoms with Crippen LogP contribution in [0.25, 0.3) is 10.8 Å². The van der Waals surface area contributed by atoms with Crippen LogP contribution in [0, 0.1) is 17.0 Å². The number of anilines is 1. The molecule has 0 aromatic heterocycles. The lowest BCUT2D eigenvalue weighted by Crippen LogP contribution is -2.20. The number of nitro benzene ring substituents is 1. The van der Waals surface area contributed by atoms with Gasteiger partial charge >= 0.3 is 0 Å². The smallest absolute Gasteiger partial charge is 0.271 e. The number of halogens is 2. The predicted octanol–water partition coefficient (Wildman–Crippen LogP) is 5.60. The third-order valence-electron chi connectivity index (χ3n) is 3.95. The number of nitro groups is 1. The molecule has 0 heterocycles. The first-order chi connectivity index (χ1) is 12.8. The molecule has 0 fully saturated rings. The van der Waals surface area contributed by atoms with E-state index in [0.717, 1.165) is 25.3 Å². The fourth-order valence-electron chi connectivity index (χ4n) is 2.54. The minimum Gasteiger partial charge on any atom is -0.483 e. The molecule has 27 heavy (non-hydrogen) atoms. The Balaban J connectivity index is 1.72. The van der Waals surface area contributed by atoms with Crippen molar-refractivity contribution in [1.29, 1.82) is 0 Å². The molecule has 0 bridgehead atoms. The van der Waals surface area contributed by atoms with Crippen LogP contribution in [0.5, 0.6) is 5.75 Å². The summed E-state index contributed by atoms with van der Waals surface area (Å²) in [5, 5.41) is 15.5. The number of non-ortho nitro benzene ring substituents is 1. The second-order valence-corrected chi connectivity index (χ2v) is 7.54. The number of carbonyl (C=O) groups is 1. The number of nitrogens with zero attached hydrogens (tertiary/aromatic N) is 1. The van der Waals surface area contributed by atoms with Crippen LogP contribution in [0.2, 0.25) is 0 Å². The van der Waals surface area contributed by atoms with Gasteiger partial charge in [-0.3, -0.25) is 14.9 Å². The summed E-state index contributed by atoms with van der Waals surface area (Å²) >= 11 is 6.95. The molecule has 3 aromatic rings. The Morgan fingerprint density at radius 1 is 1.15 bits per heavy atom. The quantitative estimate of drug-likeness (QED) is 0.370. The molecule has 0 saturated heterocycles. The average molecular weight is 494 g/mol. The molecule has 0 atom stereocenters. The number of hydrogen-bond acceptors (Lipinski definition) is 4. The number of carbonyl (C=O) groups excluding carboxylic acids is 1. The molecule has 8 heteroatoms. The Kier molecular flexibility index (Phi) is 5.76. The van der Waals surface area contributed by atoms with Gasteiger partial charge in [-0.15, -0.1) is 0 Å². The summed E-state index contributed by atoms with van der Waals surface area (Å²) in [6, 6.07) is 13.9. The molecule has 3 rings (SSSR count). The van der Waals surface area contributed by atoms with E-state index in [2.05, 4.69) is 37.2 Å². The second-order valence-electron chi connectivity index (χ2n) is 5.84. The first kappa shape index (κ1) is 19.3. The van der Waals surface area contributed by atoms with Gasteiger partial charge < -0.3 is 10.1 Å². The Hall–Kier alpha value is -2.45. The van der Waals surface area contributed by atoms with Gasteiger partial charge in [0.25, 0.3) is 11.6 Å². The van der Waals surface area contributed by atoms with Crippen LogP contribution in [0.1, 0.15) is 5.56 Å². The van der Waals surface area contributed by atoms with Crippen molar-refractivity contribution < 1.29 is 14.5 Å². The zero-order chi connectivity index (χ0) is 19.6. The van der Waals surface area contributed by atoms with Gasteiger partial charge in [0.1, 0.15) is 5.75 Å². The van der Waals surface area contributed by atoms with Crippen LogP contribution in [-0.4, -0.2) is 17.4 Å². The molecular formula is C19H14Br2N2O4. The summed E-state index contributed by atoms with van der Waals surface area (Å²) in [5.74, 6) is 0.136. The van der Waals surface area contributed by atoms with Crippen molar-refractivity contribution in [1.82, 2.24) is 0 Å². The van der Waals surface area contributed by atoms with Gasteiger partial charge in [-0.05, 0) is 57.4 Å². The Morgan fingerprint density at radius 2 is 1.93 bits per heavy atom. The summed E-state index contributed by atoms with van der Waals surface area (Å²) in [4.78, 5) is 22.6. The normalized spacial score (nSPS) is 10.6. The van der Waals surface area contributed by atoms with Gasteiger partial charge in [0.05, 0.1) is 15.1 Å². The number of hydrogen-bond donors (Lipinski definition) is 1. The zero-order valence-corrected chi connectivity index (χ0v) is 17.3. The number of fused-ring (bicyclic) bond motifs is 1. The molecule has 0 unspecified atom stereocenters. The summed E-state index contributed by atoms with van der Waals surface area (Å²) in [5.41, 5.74) is 1.03. The SMILES string of the molecule is Cc1ccc([N+](=O)[O-])cc1NC(=O)COc1ccc2cc(Br)ccc2c1Br. The fourth-order valence-corrected chi connectivity index (χ4v) is 3.53. The van der Waals surface area contributed by atoms with E-state index < -0.39 is 10.8 Å². The number of ether oxygens (including phenoxy) is 1. The Morgan fingerprint density at radius 3 is 2.67 bits per heavy atom. The highest BCUT2D eigenvalue weighted by Gasteiger charge is 2.13. The van der Waals surface area contributed by atoms with Crippen LogP contribution in [0.3, 0.4) is 0 Å². The van der Waals surface area contributed by atoms with Crippen LogP contribution < -0.4 is 10.1 Å². The molecule has 138 valence electrons. The molecule has 1 amide bonds. The van der Waals surface area contributed by atoms with Crippen LogP contribution in [0.15, 0.2) is 57.5 Å². The minimum absolute atomic E-state index is 0.0831. The third kappa shape index (κ3) is 4.45. The summed E-state index contributed by atoms with van der Waals surface area (Å²) < 4.78 is 7.35. The van der Waals surface area contributed by atoms with E-state index >= 15 is 0 Å². The molecule has 0 radical (unpaired) electrons. The molecule has 0 aliphatic rings. The lowest BCUT2D eigenvalue weighted by atomic mass is 10.1. The van der Waals surface area contributed by atoms with Crippen molar-refractivity contribution in [3.63, 3.8) is 0 Å². The van der Waals surface area contributed by atoms with Gasteiger partial charge in [0.15, 0.2) is 6.61 Å². The largest absolute Gasteiger partial charge is 0.483 e. The van der Waals surface area contributed by atoms with Crippen molar-refractivity contribution in [3.05, 3.63) is 73.2 Å². The highest BCUT2D eigenvalue weighted by atomic mass is 79.9. The van der Waals surface area contributed by atoms with Gasteiger partial charge in [-0.2, -0.15) is 0 Å². The van der Waals surface area contributed by atoms with Gasteiger partial charge in [-0.25, -0.2) is 0 Å². The molecular weight excluding hydrogens is 480 g/mol. The first-order valence-electron chi connectivity index (χ1n) is 7.90. The van der Waals surface area contributed by atoms with Crippen molar-refractivity contribution in [2.75, 3.05) is 11.9 Å². The molecule has 0 aliphatic carbocycles. The van der Waals surface area contributed by atoms with E-state index in [1.54, 1.807) is 19.1 Å². The maximum atomic E-state index is 12.2. The molecule has 0 aliphatic heterocycles. The number of nitrogens with one attached hydrogen (secondary N) is 1. The van der Waals surface area contributed by atoms with Gasteiger partial charge in [-0.1, -0.05) is 34.1 Å². The molecule has 1 N–H and O–H groups in total. The number of amides is 1. The molecule has 0 saturated carbocycles. The van der Waals surface area contributed by atoms with Crippen molar-refractivity contribution in [2.24, 2.45) is 0 Å². The van der Waals surface area contributed by atoms with E-state index in [1.807, 2.05) is 24.3 Å². The van der Waals surface area contributed by atoms with Crippen LogP contribution in [-0.2, 0) is 4.79 Å². The topological polar surface area (TPSA) is 81.5 Å². The van der Waals surface area contributed by atoms with Crippen LogP contribution in [0.4, 0.5) is 11.4 Å². The maximum Gasteiger partial charge on any atom is 0.271 e. The van der Waals surface area contributed by atoms with E-state index in [0.29, 0.717) is 11.4 Å². The predicted molar refractivity (Wildman–Crippen MR) is 111 cm³/mol. The standard InChI is InChI=1S/C19H14Br2N2O4/c1-11-2-5-14(23(25)26)9-16(11)22-18(24)10-27-17-7-3-12-8-13(20)4-6-15(12)19(17)21/h2-9H,10H2,1H3,(H,22,24). The fraction of sp³-hybridized carbons (Fsp3) is 0.105. The van der Waals surface area contributed by atoms with E-state index in [9.17, 15) is 14.9 Å². The molecule has 0 spiro atoms. The van der Waals surface area contributed by atoms with E-state index in [-0.39, 0.29) is 12.3 Å². The van der Waals surface area contributed by atoms with Crippen molar-refractivity contribution in [2.45, 2.75) is 6.92 Å². The summed E-state index contributed by atoms with van der Waals surface area (Å²) in [6.07, 6.45) is 0. The molecule has 3 aromatic carbocycles. The lowest BCUT2D eigenvalue weighted by molar-refractivity contribution is -0.384. The molecule has 6 nitrogen and oxygen atoms in total. The first-order valence-corrected chi connectivity index (χ1v) is 9.49. The summed E-state index contributed by atoms with van der Waals surface area (Å²) in [7, 11) is 0. The number of benzene rings is 3. The lowest BCUT2D eigenvalue weighted by Gasteiger charge is -2.12. The number of rotatable bonds is 5. The Labute approximate surface area is 171 Å². The highest BCUT2D eigenvalue weighted by Crippen LogP contribution is 2.34. The monoisotopic (exact) mass is 492 g/mol. The third-order valence-corrected chi connectivity index (χ3v) is 5.26. The van der Waals surface area contributed by atoms with Crippen LogP contribution >= 0.6 is 31.9 Å². The van der Waals surface area contributed by atoms with Crippen molar-refractivity contribution in [3.8, 4) is 5.75 Å². The Bertz CT molecular complexity index is 1050. The zero-order valence-electron chi connectivity index (χ0n) is 14.2. The maximum absolute atomic E-state index is 12.2. The second kappa shape index (κ2) is 8.06. The van der Waals surface area contributed by atoms with Crippen molar-refractivity contribution >= 4 is 59.9 Å². The van der Waals surface area contributed by atoms with Gasteiger partial charge in [0, 0.05) is 16.6 Å². The minimum atomic E-state index is -0.504.